The van der Waals surface area contributed by atoms with Crippen LogP contribution in [0.25, 0.3) is 16.7 Å². The van der Waals surface area contributed by atoms with Gasteiger partial charge in [-0.1, -0.05) is 11.6 Å². The number of imidazole rings is 1. The van der Waals surface area contributed by atoms with E-state index in [2.05, 4.69) is 20.9 Å². The molecule has 0 aliphatic carbocycles. The third-order valence-electron chi connectivity index (χ3n) is 2.95. The quantitative estimate of drug-likeness (QED) is 0.638. The van der Waals surface area contributed by atoms with Crippen LogP contribution in [0.2, 0.25) is 5.02 Å². The normalized spacial score (nSPS) is 11.3. The van der Waals surface area contributed by atoms with Gasteiger partial charge in [0.25, 0.3) is 0 Å². The lowest BCUT2D eigenvalue weighted by molar-refractivity contribution is 0.588. The molecule has 1 aromatic heterocycles. The van der Waals surface area contributed by atoms with Crippen LogP contribution in [-0.2, 0) is 0 Å². The van der Waals surface area contributed by atoms with E-state index >= 15 is 0 Å². The van der Waals surface area contributed by atoms with E-state index in [1.54, 1.807) is 0 Å². The summed E-state index contributed by atoms with van der Waals surface area (Å²) >= 11 is 8.55. The molecule has 3 rings (SSSR count). The first-order valence-electron chi connectivity index (χ1n) is 5.66. The summed E-state index contributed by atoms with van der Waals surface area (Å²) in [6, 6.07) is 4.25. The topological polar surface area (TPSA) is 43.8 Å². The number of nitrogens with two attached hydrogens (primary N) is 1. The molecule has 0 bridgehead atoms. The molecule has 0 aliphatic heterocycles. The Kier molecular flexibility index (Phi) is 3.33. The van der Waals surface area contributed by atoms with Gasteiger partial charge in [0.05, 0.1) is 26.2 Å². The summed E-state index contributed by atoms with van der Waals surface area (Å²) < 4.78 is 42.4. The molecule has 0 unspecified atom stereocenters. The number of rotatable bonds is 1. The zero-order chi connectivity index (χ0) is 15.3. The Hall–Kier alpha value is -1.73. The molecule has 0 amide bonds. The number of anilines is 1. The predicted octanol–water partition coefficient (Wildman–Crippen LogP) is 4.44. The van der Waals surface area contributed by atoms with Gasteiger partial charge in [-0.05, 0) is 28.1 Å². The molecular weight excluding hydrogens is 371 g/mol. The van der Waals surface area contributed by atoms with Crippen molar-refractivity contribution >= 4 is 44.5 Å². The Morgan fingerprint density at radius 2 is 1.76 bits per heavy atom. The second-order valence-electron chi connectivity index (χ2n) is 4.28. The number of aromatic nitrogens is 2. The van der Waals surface area contributed by atoms with Gasteiger partial charge in [0.1, 0.15) is 17.5 Å². The maximum atomic E-state index is 14.1. The van der Waals surface area contributed by atoms with Crippen molar-refractivity contribution in [2.75, 3.05) is 5.73 Å². The van der Waals surface area contributed by atoms with Crippen LogP contribution in [0.15, 0.2) is 28.7 Å². The van der Waals surface area contributed by atoms with Gasteiger partial charge in [0.15, 0.2) is 0 Å². The van der Waals surface area contributed by atoms with Crippen LogP contribution in [-0.4, -0.2) is 9.55 Å². The Bertz CT molecular complexity index is 879. The summed E-state index contributed by atoms with van der Waals surface area (Å²) in [6.45, 7) is 0. The molecule has 108 valence electrons. The average Bonchev–Trinajstić information content (AvgIpc) is 2.70. The molecule has 0 atom stereocenters. The molecule has 0 saturated carbocycles. The fourth-order valence-corrected chi connectivity index (χ4v) is 2.50. The Morgan fingerprint density at radius 1 is 1.05 bits per heavy atom. The largest absolute Gasteiger partial charge is 0.369 e. The van der Waals surface area contributed by atoms with Gasteiger partial charge in [-0.25, -0.2) is 18.2 Å². The lowest BCUT2D eigenvalue weighted by atomic mass is 10.2. The molecule has 0 fully saturated rings. The number of benzene rings is 2. The van der Waals surface area contributed by atoms with Gasteiger partial charge >= 0.3 is 0 Å². The third-order valence-corrected chi connectivity index (χ3v) is 3.85. The van der Waals surface area contributed by atoms with Gasteiger partial charge in [-0.2, -0.15) is 0 Å². The number of hydrogen-bond acceptors (Lipinski definition) is 2. The maximum absolute atomic E-state index is 14.1. The zero-order valence-corrected chi connectivity index (χ0v) is 12.5. The van der Waals surface area contributed by atoms with E-state index in [-0.39, 0.29) is 32.2 Å². The zero-order valence-electron chi connectivity index (χ0n) is 10.2. The van der Waals surface area contributed by atoms with Crippen molar-refractivity contribution in [1.29, 1.82) is 0 Å². The van der Waals surface area contributed by atoms with Crippen molar-refractivity contribution in [1.82, 2.24) is 9.55 Å². The van der Waals surface area contributed by atoms with Crippen LogP contribution < -0.4 is 5.73 Å². The van der Waals surface area contributed by atoms with Gasteiger partial charge in [0.2, 0.25) is 5.95 Å². The SMILES string of the molecule is Nc1nc2cc(Cl)c(F)cc2n1-c1cc(F)c(Br)cc1F. The summed E-state index contributed by atoms with van der Waals surface area (Å²) in [5, 5.41) is -0.130. The summed E-state index contributed by atoms with van der Waals surface area (Å²) in [5.74, 6) is -2.22. The second kappa shape index (κ2) is 4.92. The van der Waals surface area contributed by atoms with E-state index in [1.807, 2.05) is 0 Å². The third kappa shape index (κ3) is 2.26. The van der Waals surface area contributed by atoms with Gasteiger partial charge < -0.3 is 5.73 Å². The van der Waals surface area contributed by atoms with Crippen LogP contribution >= 0.6 is 27.5 Å². The average molecular weight is 377 g/mol. The Balaban J connectivity index is 2.37. The molecule has 8 heteroatoms. The van der Waals surface area contributed by atoms with E-state index in [1.165, 1.54) is 6.07 Å². The molecule has 3 nitrogen and oxygen atoms in total. The summed E-state index contributed by atoms with van der Waals surface area (Å²) in [7, 11) is 0. The first-order valence-corrected chi connectivity index (χ1v) is 6.83. The molecular formula is C13H6BrClF3N3. The maximum Gasteiger partial charge on any atom is 0.206 e. The lowest BCUT2D eigenvalue weighted by Crippen LogP contribution is -2.04. The minimum atomic E-state index is -0.732. The highest BCUT2D eigenvalue weighted by atomic mass is 79.9. The van der Waals surface area contributed by atoms with E-state index in [4.69, 9.17) is 17.3 Å². The van der Waals surface area contributed by atoms with E-state index in [0.29, 0.717) is 0 Å². The minimum Gasteiger partial charge on any atom is -0.369 e. The highest BCUT2D eigenvalue weighted by Gasteiger charge is 2.17. The standard InChI is InChI=1S/C13H6BrClF3N3/c14-5-1-9(18)11(3-7(5)16)21-12-4-8(17)6(15)2-10(12)20-13(21)19/h1-4H,(H2,19,20). The van der Waals surface area contributed by atoms with Crippen LogP contribution in [0, 0.1) is 17.5 Å². The van der Waals surface area contributed by atoms with Gasteiger partial charge in [0, 0.05) is 12.1 Å². The predicted molar refractivity (Wildman–Crippen MR) is 78.1 cm³/mol. The molecule has 0 aliphatic rings. The van der Waals surface area contributed by atoms with Crippen LogP contribution in [0.4, 0.5) is 19.1 Å². The van der Waals surface area contributed by atoms with Gasteiger partial charge in [-0.3, -0.25) is 4.57 Å². The van der Waals surface area contributed by atoms with Crippen LogP contribution in [0.5, 0.6) is 0 Å². The molecule has 2 aromatic carbocycles. The minimum absolute atomic E-state index is 0.0269. The van der Waals surface area contributed by atoms with Crippen LogP contribution in [0.1, 0.15) is 0 Å². The molecule has 0 radical (unpaired) electrons. The molecule has 1 heterocycles. The number of nitrogens with zero attached hydrogens (tertiary/aromatic N) is 2. The summed E-state index contributed by atoms with van der Waals surface area (Å²) in [6.07, 6.45) is 0. The first-order chi connectivity index (χ1) is 9.88. The smallest absolute Gasteiger partial charge is 0.206 e. The summed E-state index contributed by atoms with van der Waals surface area (Å²) in [4.78, 5) is 3.97. The highest BCUT2D eigenvalue weighted by Crippen LogP contribution is 2.30. The van der Waals surface area contributed by atoms with Crippen molar-refractivity contribution in [2.24, 2.45) is 0 Å². The first kappa shape index (κ1) is 14.2. The second-order valence-corrected chi connectivity index (χ2v) is 5.54. The van der Waals surface area contributed by atoms with Crippen molar-refractivity contribution < 1.29 is 13.2 Å². The van der Waals surface area contributed by atoms with E-state index < -0.39 is 17.5 Å². The number of fused-ring (bicyclic) bond motifs is 1. The monoisotopic (exact) mass is 375 g/mol. The Labute approximate surface area is 130 Å². The van der Waals surface area contributed by atoms with Crippen molar-refractivity contribution in [3.8, 4) is 5.69 Å². The molecule has 3 aromatic rings. The van der Waals surface area contributed by atoms with E-state index in [9.17, 15) is 13.2 Å². The van der Waals surface area contributed by atoms with Gasteiger partial charge in [-0.15, -0.1) is 0 Å². The van der Waals surface area contributed by atoms with E-state index in [0.717, 1.165) is 22.8 Å². The van der Waals surface area contributed by atoms with Crippen molar-refractivity contribution in [3.05, 3.63) is 51.2 Å². The number of nitrogen functional groups attached to an aromatic ring is 1. The van der Waals surface area contributed by atoms with Crippen molar-refractivity contribution in [2.45, 2.75) is 0 Å². The van der Waals surface area contributed by atoms with Crippen molar-refractivity contribution in [3.63, 3.8) is 0 Å². The molecule has 0 saturated heterocycles. The summed E-state index contributed by atoms with van der Waals surface area (Å²) in [5.41, 5.74) is 6.03. The van der Waals surface area contributed by atoms with Crippen LogP contribution in [0.3, 0.4) is 0 Å². The fourth-order valence-electron chi connectivity index (χ4n) is 2.03. The molecule has 21 heavy (non-hydrogen) atoms. The lowest BCUT2D eigenvalue weighted by Gasteiger charge is -2.09. The highest BCUT2D eigenvalue weighted by molar-refractivity contribution is 9.10. The number of hydrogen-bond donors (Lipinski definition) is 1. The number of halogens is 5. The fraction of sp³-hybridized carbons (Fsp3) is 0. The Morgan fingerprint density at radius 3 is 2.48 bits per heavy atom. The molecule has 0 spiro atoms. The molecule has 2 N–H and O–H groups in total.